The van der Waals surface area contributed by atoms with Crippen LogP contribution >= 0.6 is 15.9 Å². The summed E-state index contributed by atoms with van der Waals surface area (Å²) >= 11 is 3.45. The molecule has 1 atom stereocenters. The average molecular weight is 307 g/mol. The Hall–Kier alpha value is -1.43. The maximum atomic E-state index is 5.84. The predicted molar refractivity (Wildman–Crippen MR) is 76.6 cm³/mol. The summed E-state index contributed by atoms with van der Waals surface area (Å²) in [5, 5.41) is 0. The van der Waals surface area contributed by atoms with Crippen LogP contribution in [0.25, 0.3) is 0 Å². The number of hydrazine groups is 1. The lowest BCUT2D eigenvalue weighted by atomic mass is 10.00. The zero-order valence-electron chi connectivity index (χ0n) is 9.81. The highest BCUT2D eigenvalue weighted by Gasteiger charge is 2.12. The van der Waals surface area contributed by atoms with Gasteiger partial charge in [-0.1, -0.05) is 34.1 Å². The van der Waals surface area contributed by atoms with Crippen LogP contribution < -0.4 is 17.0 Å². The molecule has 2 rings (SSSR count). The van der Waals surface area contributed by atoms with E-state index in [1.807, 2.05) is 36.4 Å². The fourth-order valence-electron chi connectivity index (χ4n) is 1.84. The number of hydrogen-bond acceptors (Lipinski definition) is 4. The van der Waals surface area contributed by atoms with Gasteiger partial charge in [-0.25, -0.2) is 4.98 Å². The third-order valence-corrected chi connectivity index (χ3v) is 3.30. The van der Waals surface area contributed by atoms with Gasteiger partial charge in [0.1, 0.15) is 5.82 Å². The number of anilines is 1. The smallest absolute Gasteiger partial charge is 0.126 e. The molecule has 2 aromatic rings. The molecule has 0 aliphatic carbocycles. The number of nitrogens with one attached hydrogen (secondary N) is 1. The zero-order valence-corrected chi connectivity index (χ0v) is 11.4. The van der Waals surface area contributed by atoms with Gasteiger partial charge < -0.3 is 5.73 Å². The average Bonchev–Trinajstić information content (AvgIpc) is 2.38. The Balaban J connectivity index is 2.23. The van der Waals surface area contributed by atoms with Gasteiger partial charge in [0, 0.05) is 10.7 Å². The molecule has 0 amide bonds. The molecule has 0 spiro atoms. The molecule has 4 nitrogen and oxygen atoms in total. The van der Waals surface area contributed by atoms with E-state index in [9.17, 15) is 0 Å². The van der Waals surface area contributed by atoms with Gasteiger partial charge in [-0.2, -0.15) is 0 Å². The Morgan fingerprint density at radius 3 is 2.78 bits per heavy atom. The summed E-state index contributed by atoms with van der Waals surface area (Å²) in [6, 6.07) is 11.9. The molecule has 0 saturated carbocycles. The van der Waals surface area contributed by atoms with E-state index in [4.69, 9.17) is 11.6 Å². The van der Waals surface area contributed by atoms with Gasteiger partial charge in [-0.05, 0) is 35.7 Å². The van der Waals surface area contributed by atoms with Crippen LogP contribution in [0.15, 0.2) is 47.1 Å². The second-order valence-corrected chi connectivity index (χ2v) is 4.94. The lowest BCUT2D eigenvalue weighted by Crippen LogP contribution is -2.29. The van der Waals surface area contributed by atoms with Crippen molar-refractivity contribution in [1.82, 2.24) is 10.4 Å². The largest absolute Gasteiger partial charge is 0.383 e. The molecule has 0 aliphatic rings. The second kappa shape index (κ2) is 5.95. The van der Waals surface area contributed by atoms with E-state index in [1.165, 1.54) is 0 Å². The highest BCUT2D eigenvalue weighted by atomic mass is 79.9. The quantitative estimate of drug-likeness (QED) is 0.597. The van der Waals surface area contributed by atoms with E-state index in [0.29, 0.717) is 12.2 Å². The minimum Gasteiger partial charge on any atom is -0.383 e. The number of pyridine rings is 1. The van der Waals surface area contributed by atoms with Crippen LogP contribution in [0.5, 0.6) is 0 Å². The van der Waals surface area contributed by atoms with Crippen LogP contribution in [0.1, 0.15) is 17.2 Å². The molecule has 5 heteroatoms. The van der Waals surface area contributed by atoms with Crippen molar-refractivity contribution in [2.45, 2.75) is 12.5 Å². The molecule has 1 unspecified atom stereocenters. The Morgan fingerprint density at radius 2 is 2.11 bits per heavy atom. The Morgan fingerprint density at radius 1 is 1.28 bits per heavy atom. The van der Waals surface area contributed by atoms with E-state index < -0.39 is 0 Å². The number of rotatable bonds is 4. The van der Waals surface area contributed by atoms with Crippen molar-refractivity contribution < 1.29 is 0 Å². The van der Waals surface area contributed by atoms with E-state index in [-0.39, 0.29) is 6.04 Å². The van der Waals surface area contributed by atoms with Crippen molar-refractivity contribution in [3.8, 4) is 0 Å². The Labute approximate surface area is 115 Å². The number of benzene rings is 1. The summed E-state index contributed by atoms with van der Waals surface area (Å²) in [5.41, 5.74) is 10.8. The molecule has 1 aromatic carbocycles. The summed E-state index contributed by atoms with van der Waals surface area (Å²) in [6.45, 7) is 0. The third-order valence-electron chi connectivity index (χ3n) is 2.80. The number of aromatic nitrogens is 1. The number of nitrogens with zero attached hydrogens (tertiary/aromatic N) is 1. The lowest BCUT2D eigenvalue weighted by Gasteiger charge is -2.17. The van der Waals surface area contributed by atoms with Crippen LogP contribution in [-0.4, -0.2) is 4.98 Å². The number of halogens is 1. The number of nitrogens with two attached hydrogens (primary N) is 2. The number of nitrogen functional groups attached to an aromatic ring is 1. The first-order valence-electron chi connectivity index (χ1n) is 5.61. The van der Waals surface area contributed by atoms with Crippen molar-refractivity contribution in [1.29, 1.82) is 0 Å². The van der Waals surface area contributed by atoms with Crippen molar-refractivity contribution in [3.05, 3.63) is 58.2 Å². The van der Waals surface area contributed by atoms with E-state index in [2.05, 4.69) is 26.3 Å². The van der Waals surface area contributed by atoms with Crippen LogP contribution in [0.2, 0.25) is 0 Å². The van der Waals surface area contributed by atoms with Crippen LogP contribution in [0.3, 0.4) is 0 Å². The standard InChI is InChI=1S/C13H15BrN4/c14-11-5-1-3-9(7-11)12(18-16)8-10-4-2-6-17-13(10)15/h1-7,12,18H,8,16H2,(H2,15,17). The summed E-state index contributed by atoms with van der Waals surface area (Å²) in [4.78, 5) is 4.08. The van der Waals surface area contributed by atoms with E-state index >= 15 is 0 Å². The minimum absolute atomic E-state index is 0.00833. The first-order chi connectivity index (χ1) is 8.70. The first kappa shape index (κ1) is 13.0. The molecule has 0 bridgehead atoms. The summed E-state index contributed by atoms with van der Waals surface area (Å²) in [6.07, 6.45) is 2.38. The molecular weight excluding hydrogens is 292 g/mol. The molecule has 0 radical (unpaired) electrons. The molecule has 18 heavy (non-hydrogen) atoms. The molecular formula is C13H15BrN4. The van der Waals surface area contributed by atoms with Gasteiger partial charge in [0.05, 0.1) is 6.04 Å². The first-order valence-corrected chi connectivity index (χ1v) is 6.41. The van der Waals surface area contributed by atoms with Crippen molar-refractivity contribution in [2.24, 2.45) is 5.84 Å². The van der Waals surface area contributed by atoms with E-state index in [0.717, 1.165) is 15.6 Å². The fourth-order valence-corrected chi connectivity index (χ4v) is 2.26. The normalized spacial score (nSPS) is 12.3. The zero-order chi connectivity index (χ0) is 13.0. The topological polar surface area (TPSA) is 77.0 Å². The molecule has 0 aliphatic heterocycles. The summed E-state index contributed by atoms with van der Waals surface area (Å²) in [7, 11) is 0. The molecule has 5 N–H and O–H groups in total. The number of hydrogen-bond donors (Lipinski definition) is 3. The van der Waals surface area contributed by atoms with Crippen molar-refractivity contribution in [2.75, 3.05) is 5.73 Å². The highest BCUT2D eigenvalue weighted by Crippen LogP contribution is 2.22. The van der Waals surface area contributed by atoms with Crippen molar-refractivity contribution in [3.63, 3.8) is 0 Å². The van der Waals surface area contributed by atoms with Gasteiger partial charge in [-0.15, -0.1) is 0 Å². The van der Waals surface area contributed by atoms with Gasteiger partial charge in [-0.3, -0.25) is 11.3 Å². The predicted octanol–water partition coefficient (Wildman–Crippen LogP) is 2.17. The van der Waals surface area contributed by atoms with Gasteiger partial charge >= 0.3 is 0 Å². The molecule has 0 fully saturated rings. The SMILES string of the molecule is NNC(Cc1cccnc1N)c1cccc(Br)c1. The highest BCUT2D eigenvalue weighted by molar-refractivity contribution is 9.10. The van der Waals surface area contributed by atoms with Gasteiger partial charge in [0.2, 0.25) is 0 Å². The Bertz CT molecular complexity index is 530. The van der Waals surface area contributed by atoms with Crippen LogP contribution in [0, 0.1) is 0 Å². The van der Waals surface area contributed by atoms with Crippen LogP contribution in [-0.2, 0) is 6.42 Å². The lowest BCUT2D eigenvalue weighted by molar-refractivity contribution is 0.552. The van der Waals surface area contributed by atoms with Crippen molar-refractivity contribution >= 4 is 21.7 Å². The van der Waals surface area contributed by atoms with Gasteiger partial charge in [0.25, 0.3) is 0 Å². The maximum absolute atomic E-state index is 5.84. The molecule has 1 aromatic heterocycles. The molecule has 1 heterocycles. The van der Waals surface area contributed by atoms with E-state index in [1.54, 1.807) is 6.20 Å². The molecule has 0 saturated heterocycles. The van der Waals surface area contributed by atoms with Gasteiger partial charge in [0.15, 0.2) is 0 Å². The second-order valence-electron chi connectivity index (χ2n) is 4.03. The minimum atomic E-state index is 0.00833. The fraction of sp³-hybridized carbons (Fsp3) is 0.154. The third kappa shape index (κ3) is 3.07. The summed E-state index contributed by atoms with van der Waals surface area (Å²) < 4.78 is 1.03. The van der Waals surface area contributed by atoms with Crippen LogP contribution in [0.4, 0.5) is 5.82 Å². The monoisotopic (exact) mass is 306 g/mol. The maximum Gasteiger partial charge on any atom is 0.126 e. The Kier molecular flexibility index (Phi) is 4.30. The molecule has 94 valence electrons. The summed E-state index contributed by atoms with van der Waals surface area (Å²) in [5.74, 6) is 6.18.